The smallest absolute Gasteiger partial charge is 0.229 e. The molecule has 16 heavy (non-hydrogen) atoms. The molecule has 0 aromatic rings. The van der Waals surface area contributed by atoms with E-state index in [2.05, 4.69) is 5.32 Å². The lowest BCUT2D eigenvalue weighted by atomic mass is 9.85. The summed E-state index contributed by atoms with van der Waals surface area (Å²) in [5.74, 6) is -0.0826. The second kappa shape index (κ2) is 5.61. The second-order valence-corrected chi connectivity index (χ2v) is 4.65. The maximum Gasteiger partial charge on any atom is 0.229 e. The highest BCUT2D eigenvalue weighted by atomic mass is 16.5. The number of aliphatic hydroxyl groups is 1. The average Bonchev–Trinajstić information content (AvgIpc) is 2.60. The molecule has 5 nitrogen and oxygen atoms in total. The van der Waals surface area contributed by atoms with Crippen molar-refractivity contribution in [2.24, 2.45) is 11.1 Å². The van der Waals surface area contributed by atoms with Gasteiger partial charge in [0, 0.05) is 12.6 Å². The van der Waals surface area contributed by atoms with Crippen LogP contribution in [0.25, 0.3) is 0 Å². The molecule has 1 fully saturated rings. The van der Waals surface area contributed by atoms with Crippen LogP contribution in [0.3, 0.4) is 0 Å². The number of amides is 1. The molecule has 0 aromatic carbocycles. The highest BCUT2D eigenvalue weighted by Crippen LogP contribution is 2.26. The van der Waals surface area contributed by atoms with Crippen LogP contribution in [0.5, 0.6) is 0 Å². The molecule has 1 amide bonds. The Bertz CT molecular complexity index is 247. The minimum Gasteiger partial charge on any atom is -0.393 e. The number of ether oxygens (including phenoxy) is 1. The van der Waals surface area contributed by atoms with E-state index in [1.807, 2.05) is 13.8 Å². The van der Waals surface area contributed by atoms with Crippen molar-refractivity contribution in [1.29, 1.82) is 0 Å². The third-order valence-corrected chi connectivity index (χ3v) is 3.27. The van der Waals surface area contributed by atoms with E-state index in [0.29, 0.717) is 32.6 Å². The molecule has 0 aromatic heterocycles. The Labute approximate surface area is 96.3 Å². The number of hydrogen-bond acceptors (Lipinski definition) is 4. The van der Waals surface area contributed by atoms with Gasteiger partial charge in [0.05, 0.1) is 24.7 Å². The number of hydrogen-bond donors (Lipinski definition) is 3. The monoisotopic (exact) mass is 230 g/mol. The molecule has 5 heteroatoms. The van der Waals surface area contributed by atoms with E-state index >= 15 is 0 Å². The zero-order valence-corrected chi connectivity index (χ0v) is 10.0. The van der Waals surface area contributed by atoms with Crippen LogP contribution < -0.4 is 11.1 Å². The summed E-state index contributed by atoms with van der Waals surface area (Å²) in [5, 5.41) is 12.2. The maximum absolute atomic E-state index is 11.9. The molecule has 0 aliphatic carbocycles. The van der Waals surface area contributed by atoms with Crippen molar-refractivity contribution in [1.82, 2.24) is 5.32 Å². The molecule has 0 saturated carbocycles. The van der Waals surface area contributed by atoms with E-state index < -0.39 is 5.41 Å². The van der Waals surface area contributed by atoms with E-state index in [4.69, 9.17) is 10.5 Å². The lowest BCUT2D eigenvalue weighted by Crippen LogP contribution is -2.50. The molecule has 3 unspecified atom stereocenters. The first-order valence-electron chi connectivity index (χ1n) is 5.80. The Hall–Kier alpha value is -0.650. The van der Waals surface area contributed by atoms with Gasteiger partial charge in [-0.1, -0.05) is 6.92 Å². The molecule has 1 aliphatic rings. The number of aliphatic hydroxyl groups excluding tert-OH is 1. The van der Waals surface area contributed by atoms with Crippen molar-refractivity contribution in [3.05, 3.63) is 0 Å². The lowest BCUT2D eigenvalue weighted by molar-refractivity contribution is -0.130. The highest BCUT2D eigenvalue weighted by Gasteiger charge is 2.44. The summed E-state index contributed by atoms with van der Waals surface area (Å²) >= 11 is 0. The number of nitrogens with two attached hydrogens (primary N) is 1. The van der Waals surface area contributed by atoms with Crippen molar-refractivity contribution in [3.63, 3.8) is 0 Å². The van der Waals surface area contributed by atoms with E-state index in [-0.39, 0.29) is 18.1 Å². The molecule has 0 radical (unpaired) electrons. The van der Waals surface area contributed by atoms with E-state index in [0.717, 1.165) is 0 Å². The molecule has 0 bridgehead atoms. The van der Waals surface area contributed by atoms with Crippen LogP contribution in [0.4, 0.5) is 0 Å². The highest BCUT2D eigenvalue weighted by molar-refractivity contribution is 5.83. The zero-order valence-electron chi connectivity index (χ0n) is 10.0. The second-order valence-electron chi connectivity index (χ2n) is 4.65. The first-order chi connectivity index (χ1) is 7.50. The molecule has 4 N–H and O–H groups in total. The quantitative estimate of drug-likeness (QED) is 0.601. The Kier molecular flexibility index (Phi) is 4.70. The first kappa shape index (κ1) is 13.4. The molecule has 1 aliphatic heterocycles. The minimum atomic E-state index is -0.628. The van der Waals surface area contributed by atoms with Gasteiger partial charge in [-0.05, 0) is 19.8 Å². The van der Waals surface area contributed by atoms with Crippen molar-refractivity contribution in [3.8, 4) is 0 Å². The predicted molar refractivity (Wildman–Crippen MR) is 60.8 cm³/mol. The molecule has 1 rings (SSSR count). The minimum absolute atomic E-state index is 0.0826. The molecule has 3 atom stereocenters. The van der Waals surface area contributed by atoms with Crippen LogP contribution in [0.1, 0.15) is 26.7 Å². The topological polar surface area (TPSA) is 84.6 Å². The largest absolute Gasteiger partial charge is 0.393 e. The molecule has 1 heterocycles. The van der Waals surface area contributed by atoms with Crippen molar-refractivity contribution in [2.75, 3.05) is 19.8 Å². The Morgan fingerprint density at radius 2 is 2.44 bits per heavy atom. The fourth-order valence-corrected chi connectivity index (χ4v) is 1.68. The molecule has 1 saturated heterocycles. The van der Waals surface area contributed by atoms with Crippen LogP contribution in [0.15, 0.2) is 0 Å². The van der Waals surface area contributed by atoms with Crippen molar-refractivity contribution in [2.45, 2.75) is 38.8 Å². The van der Waals surface area contributed by atoms with E-state index in [1.165, 1.54) is 0 Å². The standard InChI is InChI=1S/C11H22N2O3/c1-3-8(14)4-5-13-10(15)11(2)7-16-6-9(11)12/h8-9,14H,3-7,12H2,1-2H3,(H,13,15). The van der Waals surface area contributed by atoms with Crippen LogP contribution in [-0.4, -0.2) is 42.9 Å². The Morgan fingerprint density at radius 3 is 2.94 bits per heavy atom. The van der Waals surface area contributed by atoms with Crippen LogP contribution >= 0.6 is 0 Å². The first-order valence-corrected chi connectivity index (χ1v) is 5.80. The van der Waals surface area contributed by atoms with E-state index in [1.54, 1.807) is 0 Å². The van der Waals surface area contributed by atoms with Gasteiger partial charge in [-0.2, -0.15) is 0 Å². The molecular weight excluding hydrogens is 208 g/mol. The number of carbonyl (C=O) groups is 1. The van der Waals surface area contributed by atoms with Crippen molar-refractivity contribution >= 4 is 5.91 Å². The van der Waals surface area contributed by atoms with Crippen LogP contribution in [0.2, 0.25) is 0 Å². The summed E-state index contributed by atoms with van der Waals surface area (Å²) < 4.78 is 5.21. The van der Waals surface area contributed by atoms with Gasteiger partial charge in [0.15, 0.2) is 0 Å². The normalized spacial score (nSPS) is 31.4. The summed E-state index contributed by atoms with van der Waals surface area (Å²) in [6, 6.07) is -0.247. The summed E-state index contributed by atoms with van der Waals surface area (Å²) in [4.78, 5) is 11.9. The van der Waals surface area contributed by atoms with Gasteiger partial charge in [0.2, 0.25) is 5.91 Å². The van der Waals surface area contributed by atoms with Gasteiger partial charge in [0.1, 0.15) is 0 Å². The fourth-order valence-electron chi connectivity index (χ4n) is 1.68. The maximum atomic E-state index is 11.9. The lowest BCUT2D eigenvalue weighted by Gasteiger charge is -2.25. The van der Waals surface area contributed by atoms with Gasteiger partial charge >= 0.3 is 0 Å². The number of rotatable bonds is 5. The number of nitrogens with one attached hydrogen (secondary N) is 1. The summed E-state index contributed by atoms with van der Waals surface area (Å²) in [5.41, 5.74) is 5.21. The van der Waals surface area contributed by atoms with Gasteiger partial charge in [-0.15, -0.1) is 0 Å². The Balaban J connectivity index is 2.35. The summed E-state index contributed by atoms with van der Waals surface area (Å²) in [6.45, 7) is 5.01. The molecule has 0 spiro atoms. The van der Waals surface area contributed by atoms with Crippen molar-refractivity contribution < 1.29 is 14.6 Å². The van der Waals surface area contributed by atoms with Gasteiger partial charge in [-0.3, -0.25) is 4.79 Å². The third kappa shape index (κ3) is 2.93. The number of carbonyl (C=O) groups excluding carboxylic acids is 1. The average molecular weight is 230 g/mol. The fraction of sp³-hybridized carbons (Fsp3) is 0.909. The summed E-state index contributed by atoms with van der Waals surface area (Å²) in [6.07, 6.45) is 0.936. The van der Waals surface area contributed by atoms with Crippen LogP contribution in [-0.2, 0) is 9.53 Å². The molecule has 94 valence electrons. The third-order valence-electron chi connectivity index (χ3n) is 3.27. The molecular formula is C11H22N2O3. The van der Waals surface area contributed by atoms with Gasteiger partial charge in [-0.25, -0.2) is 0 Å². The Morgan fingerprint density at radius 1 is 1.75 bits per heavy atom. The zero-order chi connectivity index (χ0) is 12.2. The SMILES string of the molecule is CCC(O)CCNC(=O)C1(C)COCC1N. The van der Waals surface area contributed by atoms with E-state index in [9.17, 15) is 9.90 Å². The van der Waals surface area contributed by atoms with Gasteiger partial charge < -0.3 is 20.9 Å². The van der Waals surface area contributed by atoms with Crippen LogP contribution in [0, 0.1) is 5.41 Å². The predicted octanol–water partition coefficient (Wildman–Crippen LogP) is -0.373. The van der Waals surface area contributed by atoms with Gasteiger partial charge in [0.25, 0.3) is 0 Å². The summed E-state index contributed by atoms with van der Waals surface area (Å²) in [7, 11) is 0.